The fourth-order valence-electron chi connectivity index (χ4n) is 3.73. The minimum absolute atomic E-state index is 0.118. The number of esters is 1. The molecular formula is C17H31N3O4. The maximum Gasteiger partial charge on any atom is 0.327 e. The van der Waals surface area contributed by atoms with E-state index in [-0.39, 0.29) is 25.4 Å². The molecule has 0 heterocycles. The number of carbonyl (C=O) groups is 3. The molecule has 1 aliphatic carbocycles. The summed E-state index contributed by atoms with van der Waals surface area (Å²) in [7, 11) is 0. The van der Waals surface area contributed by atoms with Gasteiger partial charge in [-0.2, -0.15) is 0 Å². The summed E-state index contributed by atoms with van der Waals surface area (Å²) in [5.41, 5.74) is 14.8. The van der Waals surface area contributed by atoms with Crippen molar-refractivity contribution in [2.45, 2.75) is 71.0 Å². The van der Waals surface area contributed by atoms with Gasteiger partial charge in [-0.05, 0) is 45.4 Å². The highest BCUT2D eigenvalue weighted by Crippen LogP contribution is 2.48. The van der Waals surface area contributed by atoms with Gasteiger partial charge in [0.15, 0.2) is 11.6 Å². The Kier molecular flexibility index (Phi) is 6.67. The van der Waals surface area contributed by atoms with Crippen molar-refractivity contribution in [1.82, 2.24) is 0 Å². The molecular weight excluding hydrogens is 310 g/mol. The van der Waals surface area contributed by atoms with E-state index in [9.17, 15) is 14.4 Å². The van der Waals surface area contributed by atoms with Crippen LogP contribution in [0.25, 0.3) is 0 Å². The molecule has 0 spiro atoms. The summed E-state index contributed by atoms with van der Waals surface area (Å²) >= 11 is 0. The lowest BCUT2D eigenvalue weighted by Gasteiger charge is -2.41. The normalized spacial score (nSPS) is 29.3. The Balaban J connectivity index is 3.42. The maximum absolute atomic E-state index is 13.2. The van der Waals surface area contributed by atoms with Crippen molar-refractivity contribution in [1.29, 1.82) is 0 Å². The lowest BCUT2D eigenvalue weighted by atomic mass is 9.63. The molecule has 0 bridgehead atoms. The first-order chi connectivity index (χ1) is 11.0. The van der Waals surface area contributed by atoms with Gasteiger partial charge in [-0.15, -0.1) is 0 Å². The molecule has 7 nitrogen and oxygen atoms in total. The van der Waals surface area contributed by atoms with Gasteiger partial charge in [0, 0.05) is 0 Å². The zero-order valence-electron chi connectivity index (χ0n) is 15.1. The first-order valence-electron chi connectivity index (χ1n) is 8.60. The van der Waals surface area contributed by atoms with E-state index >= 15 is 0 Å². The number of ether oxygens (including phenoxy) is 1. The van der Waals surface area contributed by atoms with E-state index < -0.39 is 40.6 Å². The number of rotatable bonds is 8. The van der Waals surface area contributed by atoms with Crippen LogP contribution < -0.4 is 17.2 Å². The second kappa shape index (κ2) is 7.72. The third-order valence-corrected chi connectivity index (χ3v) is 4.84. The Morgan fingerprint density at radius 2 is 1.67 bits per heavy atom. The Morgan fingerprint density at radius 3 is 2.12 bits per heavy atom. The highest BCUT2D eigenvalue weighted by atomic mass is 16.5. The van der Waals surface area contributed by atoms with Crippen LogP contribution in [0.15, 0.2) is 0 Å². The molecule has 6 N–H and O–H groups in total. The molecule has 4 atom stereocenters. The number of ketones is 2. The van der Waals surface area contributed by atoms with E-state index in [1.165, 1.54) is 6.92 Å². The van der Waals surface area contributed by atoms with Crippen molar-refractivity contribution in [3.8, 4) is 0 Å². The number of hydrogen-bond donors (Lipinski definition) is 3. The SMILES string of the molecule is CCOC(=O)C1(N)CCCC1(C(=O)C(C)N)C(=O)C(N)CC(C)C. The van der Waals surface area contributed by atoms with E-state index in [1.54, 1.807) is 6.92 Å². The van der Waals surface area contributed by atoms with Crippen LogP contribution in [0.2, 0.25) is 0 Å². The average Bonchev–Trinajstić information content (AvgIpc) is 2.84. The zero-order chi connectivity index (χ0) is 18.7. The first kappa shape index (κ1) is 20.7. The summed E-state index contributed by atoms with van der Waals surface area (Å²) in [6, 6.07) is -1.79. The van der Waals surface area contributed by atoms with Crippen molar-refractivity contribution in [2.75, 3.05) is 6.61 Å². The molecule has 138 valence electrons. The van der Waals surface area contributed by atoms with Crippen LogP contribution in [0.1, 0.15) is 53.4 Å². The molecule has 4 unspecified atom stereocenters. The van der Waals surface area contributed by atoms with Gasteiger partial charge in [-0.25, -0.2) is 0 Å². The van der Waals surface area contributed by atoms with Crippen LogP contribution in [-0.2, 0) is 19.1 Å². The van der Waals surface area contributed by atoms with Crippen LogP contribution in [0.4, 0.5) is 0 Å². The van der Waals surface area contributed by atoms with Crippen molar-refractivity contribution in [3.63, 3.8) is 0 Å². The molecule has 1 fully saturated rings. The standard InChI is InChI=1S/C17H31N3O4/c1-5-24-15(23)17(20)8-6-7-16(17,13(21)11(4)18)14(22)12(19)9-10(2)3/h10-12H,5-9,18-20H2,1-4H3. The van der Waals surface area contributed by atoms with Crippen molar-refractivity contribution >= 4 is 17.5 Å². The van der Waals surface area contributed by atoms with Gasteiger partial charge in [0.2, 0.25) is 0 Å². The summed E-state index contributed by atoms with van der Waals surface area (Å²) in [5, 5.41) is 0. The van der Waals surface area contributed by atoms with E-state index in [0.717, 1.165) is 0 Å². The minimum Gasteiger partial charge on any atom is -0.465 e. The molecule has 0 aromatic heterocycles. The van der Waals surface area contributed by atoms with Gasteiger partial charge in [-0.1, -0.05) is 13.8 Å². The Hall–Kier alpha value is -1.31. The Bertz CT molecular complexity index is 506. The van der Waals surface area contributed by atoms with Gasteiger partial charge in [-0.3, -0.25) is 14.4 Å². The summed E-state index contributed by atoms with van der Waals surface area (Å²) in [5.74, 6) is -1.59. The fraction of sp³-hybridized carbons (Fsp3) is 0.824. The van der Waals surface area contributed by atoms with Gasteiger partial charge in [0.25, 0.3) is 0 Å². The Labute approximate surface area is 143 Å². The molecule has 0 aromatic rings. The quantitative estimate of drug-likeness (QED) is 0.425. The molecule has 0 aliphatic heterocycles. The van der Waals surface area contributed by atoms with Crippen LogP contribution in [0.5, 0.6) is 0 Å². The molecule has 0 saturated heterocycles. The van der Waals surface area contributed by atoms with E-state index in [1.807, 2.05) is 13.8 Å². The number of hydrogen-bond acceptors (Lipinski definition) is 7. The predicted molar refractivity (Wildman–Crippen MR) is 90.9 cm³/mol. The second-order valence-corrected chi connectivity index (χ2v) is 7.20. The molecule has 0 radical (unpaired) electrons. The van der Waals surface area contributed by atoms with Gasteiger partial charge in [0.1, 0.15) is 11.0 Å². The van der Waals surface area contributed by atoms with E-state index in [4.69, 9.17) is 21.9 Å². The summed E-state index contributed by atoms with van der Waals surface area (Å²) < 4.78 is 5.07. The predicted octanol–water partition coefficient (Wildman–Crippen LogP) is 0.276. The molecule has 0 aromatic carbocycles. The number of carbonyl (C=O) groups excluding carboxylic acids is 3. The largest absolute Gasteiger partial charge is 0.465 e. The van der Waals surface area contributed by atoms with Gasteiger partial charge in [0.05, 0.1) is 18.7 Å². The highest BCUT2D eigenvalue weighted by Gasteiger charge is 2.67. The molecule has 1 rings (SSSR count). The molecule has 24 heavy (non-hydrogen) atoms. The molecule has 1 saturated carbocycles. The third kappa shape index (κ3) is 3.38. The van der Waals surface area contributed by atoms with Crippen molar-refractivity contribution in [2.24, 2.45) is 28.5 Å². The average molecular weight is 341 g/mol. The third-order valence-electron chi connectivity index (χ3n) is 4.84. The molecule has 0 amide bonds. The number of Topliss-reactive ketones (excluding diaryl/α,β-unsaturated/α-hetero) is 2. The second-order valence-electron chi connectivity index (χ2n) is 7.20. The fourth-order valence-corrected chi connectivity index (χ4v) is 3.73. The Morgan fingerprint density at radius 1 is 1.08 bits per heavy atom. The van der Waals surface area contributed by atoms with Gasteiger partial charge < -0.3 is 21.9 Å². The van der Waals surface area contributed by atoms with Crippen molar-refractivity contribution < 1.29 is 19.1 Å². The van der Waals surface area contributed by atoms with Crippen molar-refractivity contribution in [3.05, 3.63) is 0 Å². The maximum atomic E-state index is 13.2. The number of nitrogens with two attached hydrogens (primary N) is 3. The lowest BCUT2D eigenvalue weighted by Crippen LogP contribution is -2.69. The summed E-state index contributed by atoms with van der Waals surface area (Å²) in [6.45, 7) is 7.13. The van der Waals surface area contributed by atoms with Crippen LogP contribution >= 0.6 is 0 Å². The zero-order valence-corrected chi connectivity index (χ0v) is 15.1. The lowest BCUT2D eigenvalue weighted by molar-refractivity contribution is -0.163. The summed E-state index contributed by atoms with van der Waals surface area (Å²) in [4.78, 5) is 38.6. The topological polar surface area (TPSA) is 138 Å². The highest BCUT2D eigenvalue weighted by molar-refractivity contribution is 6.16. The van der Waals surface area contributed by atoms with Gasteiger partial charge >= 0.3 is 5.97 Å². The minimum atomic E-state index is -1.71. The smallest absolute Gasteiger partial charge is 0.327 e. The molecule has 1 aliphatic rings. The summed E-state index contributed by atoms with van der Waals surface area (Å²) in [6.07, 6.45) is 1.25. The monoisotopic (exact) mass is 341 g/mol. The first-order valence-corrected chi connectivity index (χ1v) is 8.60. The van der Waals surface area contributed by atoms with Crippen LogP contribution in [0.3, 0.4) is 0 Å². The van der Waals surface area contributed by atoms with Crippen LogP contribution in [0, 0.1) is 11.3 Å². The van der Waals surface area contributed by atoms with E-state index in [2.05, 4.69) is 0 Å². The van der Waals surface area contributed by atoms with E-state index in [0.29, 0.717) is 12.8 Å². The molecule has 7 heteroatoms. The van der Waals surface area contributed by atoms with Crippen LogP contribution in [-0.4, -0.2) is 41.8 Å².